The van der Waals surface area contributed by atoms with E-state index in [0.29, 0.717) is 0 Å². The zero-order valence-corrected chi connectivity index (χ0v) is 10.2. The molecule has 0 aliphatic heterocycles. The summed E-state index contributed by atoms with van der Waals surface area (Å²) in [5.41, 5.74) is 2.93. The summed E-state index contributed by atoms with van der Waals surface area (Å²) in [5, 5.41) is 2.84. The molecule has 0 bridgehead atoms. The molecule has 2 heterocycles. The first-order chi connectivity index (χ1) is 9.11. The van der Waals surface area contributed by atoms with Crippen LogP contribution in [0.3, 0.4) is 0 Å². The lowest BCUT2D eigenvalue weighted by molar-refractivity contribution is 0.576. The first-order valence-corrected chi connectivity index (χ1v) is 5.61. The number of nitrogens with two attached hydrogens (primary N) is 1. The predicted molar refractivity (Wildman–Crippen MR) is 68.2 cm³/mol. The Morgan fingerprint density at radius 3 is 2.63 bits per heavy atom. The van der Waals surface area contributed by atoms with Gasteiger partial charge in [-0.1, -0.05) is 6.07 Å². The van der Waals surface area contributed by atoms with Gasteiger partial charge in [0.05, 0.1) is 6.04 Å². The van der Waals surface area contributed by atoms with Crippen LogP contribution in [0.2, 0.25) is 0 Å². The van der Waals surface area contributed by atoms with Crippen molar-refractivity contribution in [2.75, 3.05) is 10.7 Å². The van der Waals surface area contributed by atoms with E-state index in [0.717, 1.165) is 11.6 Å². The van der Waals surface area contributed by atoms with E-state index in [1.807, 2.05) is 13.0 Å². The SMILES string of the molecule is CC(Nc1nc(NN)c(F)cc1F)c1cccnc1. The van der Waals surface area contributed by atoms with Crippen LogP contribution in [-0.2, 0) is 0 Å². The average molecular weight is 265 g/mol. The van der Waals surface area contributed by atoms with Crippen LogP contribution in [-0.4, -0.2) is 9.97 Å². The molecule has 7 heteroatoms. The summed E-state index contributed by atoms with van der Waals surface area (Å²) in [5.74, 6) is 3.17. The van der Waals surface area contributed by atoms with Crippen LogP contribution in [0.5, 0.6) is 0 Å². The molecule has 0 radical (unpaired) electrons. The first-order valence-electron chi connectivity index (χ1n) is 5.61. The highest BCUT2D eigenvalue weighted by atomic mass is 19.1. The molecular weight excluding hydrogens is 252 g/mol. The van der Waals surface area contributed by atoms with Crippen molar-refractivity contribution in [3.05, 3.63) is 47.8 Å². The van der Waals surface area contributed by atoms with E-state index < -0.39 is 11.6 Å². The van der Waals surface area contributed by atoms with Crippen molar-refractivity contribution < 1.29 is 8.78 Å². The van der Waals surface area contributed by atoms with Gasteiger partial charge < -0.3 is 10.7 Å². The van der Waals surface area contributed by atoms with Crippen LogP contribution in [0, 0.1) is 11.6 Å². The van der Waals surface area contributed by atoms with Crippen LogP contribution < -0.4 is 16.6 Å². The molecule has 5 nitrogen and oxygen atoms in total. The van der Waals surface area contributed by atoms with E-state index in [1.165, 1.54) is 0 Å². The molecule has 0 aliphatic carbocycles. The Morgan fingerprint density at radius 1 is 1.26 bits per heavy atom. The summed E-state index contributed by atoms with van der Waals surface area (Å²) < 4.78 is 26.8. The molecule has 100 valence electrons. The molecule has 1 atom stereocenters. The summed E-state index contributed by atoms with van der Waals surface area (Å²) in [7, 11) is 0. The van der Waals surface area contributed by atoms with Gasteiger partial charge in [-0.05, 0) is 18.6 Å². The van der Waals surface area contributed by atoms with Gasteiger partial charge in [-0.15, -0.1) is 0 Å². The highest BCUT2D eigenvalue weighted by Crippen LogP contribution is 2.22. The van der Waals surface area contributed by atoms with Crippen LogP contribution in [0.4, 0.5) is 20.4 Å². The number of anilines is 2. The second kappa shape index (κ2) is 5.57. The van der Waals surface area contributed by atoms with Gasteiger partial charge in [0.2, 0.25) is 0 Å². The van der Waals surface area contributed by atoms with Crippen LogP contribution in [0.15, 0.2) is 30.6 Å². The number of hydrogen-bond acceptors (Lipinski definition) is 5. The molecule has 0 aliphatic rings. The zero-order chi connectivity index (χ0) is 13.8. The van der Waals surface area contributed by atoms with Crippen LogP contribution >= 0.6 is 0 Å². The first kappa shape index (κ1) is 13.2. The van der Waals surface area contributed by atoms with Gasteiger partial charge in [-0.2, -0.15) is 0 Å². The maximum atomic E-state index is 13.6. The Hall–Kier alpha value is -2.28. The van der Waals surface area contributed by atoms with Gasteiger partial charge in [-0.25, -0.2) is 19.6 Å². The van der Waals surface area contributed by atoms with E-state index in [9.17, 15) is 8.78 Å². The van der Waals surface area contributed by atoms with Crippen molar-refractivity contribution in [3.8, 4) is 0 Å². The molecule has 2 rings (SSSR count). The fraction of sp³-hybridized carbons (Fsp3) is 0.167. The molecule has 0 fully saturated rings. The summed E-state index contributed by atoms with van der Waals surface area (Å²) in [4.78, 5) is 7.71. The number of nitrogen functional groups attached to an aromatic ring is 1. The van der Waals surface area contributed by atoms with Crippen molar-refractivity contribution in [3.63, 3.8) is 0 Å². The maximum absolute atomic E-state index is 13.6. The molecule has 1 unspecified atom stereocenters. The molecule has 0 aromatic carbocycles. The lowest BCUT2D eigenvalue weighted by Crippen LogP contribution is -2.15. The van der Waals surface area contributed by atoms with E-state index in [-0.39, 0.29) is 17.7 Å². The average Bonchev–Trinajstić information content (AvgIpc) is 2.42. The van der Waals surface area contributed by atoms with Gasteiger partial charge in [-0.3, -0.25) is 4.98 Å². The Kier molecular flexibility index (Phi) is 3.86. The number of halogens is 2. The van der Waals surface area contributed by atoms with Crippen LogP contribution in [0.25, 0.3) is 0 Å². The van der Waals surface area contributed by atoms with E-state index >= 15 is 0 Å². The number of rotatable bonds is 4. The number of pyridine rings is 2. The summed E-state index contributed by atoms with van der Waals surface area (Å²) in [6, 6.07) is 4.11. The number of hydrazine groups is 1. The minimum Gasteiger partial charge on any atom is -0.361 e. The van der Waals surface area contributed by atoms with Crippen molar-refractivity contribution in [1.29, 1.82) is 0 Å². The van der Waals surface area contributed by atoms with E-state index in [4.69, 9.17) is 5.84 Å². The van der Waals surface area contributed by atoms with Crippen LogP contribution in [0.1, 0.15) is 18.5 Å². The van der Waals surface area contributed by atoms with Crippen molar-refractivity contribution in [2.24, 2.45) is 5.84 Å². The monoisotopic (exact) mass is 265 g/mol. The molecule has 0 saturated heterocycles. The number of nitrogens with zero attached hydrogens (tertiary/aromatic N) is 2. The van der Waals surface area contributed by atoms with E-state index in [1.54, 1.807) is 18.5 Å². The van der Waals surface area contributed by atoms with Crippen molar-refractivity contribution in [1.82, 2.24) is 9.97 Å². The number of nitrogens with one attached hydrogen (secondary N) is 2. The predicted octanol–water partition coefficient (Wildman–Crippen LogP) is 2.21. The molecular formula is C12H13F2N5. The second-order valence-electron chi connectivity index (χ2n) is 3.95. The van der Waals surface area contributed by atoms with Gasteiger partial charge in [0.25, 0.3) is 0 Å². The lowest BCUT2D eigenvalue weighted by atomic mass is 10.1. The van der Waals surface area contributed by atoms with Crippen molar-refractivity contribution >= 4 is 11.6 Å². The van der Waals surface area contributed by atoms with E-state index in [2.05, 4.69) is 20.7 Å². The third-order valence-corrected chi connectivity index (χ3v) is 2.60. The highest BCUT2D eigenvalue weighted by Gasteiger charge is 2.14. The lowest BCUT2D eigenvalue weighted by Gasteiger charge is -2.15. The number of aromatic nitrogens is 2. The molecule has 0 spiro atoms. The quantitative estimate of drug-likeness (QED) is 0.583. The fourth-order valence-electron chi connectivity index (χ4n) is 1.59. The minimum absolute atomic E-state index is 0.0781. The normalized spacial score (nSPS) is 12.0. The molecule has 19 heavy (non-hydrogen) atoms. The fourth-order valence-corrected chi connectivity index (χ4v) is 1.59. The smallest absolute Gasteiger partial charge is 0.178 e. The van der Waals surface area contributed by atoms with Gasteiger partial charge >= 0.3 is 0 Å². The Bertz CT molecular complexity index is 562. The van der Waals surface area contributed by atoms with Crippen molar-refractivity contribution in [2.45, 2.75) is 13.0 Å². The molecule has 0 amide bonds. The summed E-state index contributed by atoms with van der Waals surface area (Å²) in [6.07, 6.45) is 3.30. The molecule has 4 N–H and O–H groups in total. The maximum Gasteiger partial charge on any atom is 0.178 e. The summed E-state index contributed by atoms with van der Waals surface area (Å²) in [6.45, 7) is 1.82. The van der Waals surface area contributed by atoms with Gasteiger partial charge in [0, 0.05) is 18.5 Å². The number of hydrogen-bond donors (Lipinski definition) is 3. The highest BCUT2D eigenvalue weighted by molar-refractivity contribution is 5.48. The van der Waals surface area contributed by atoms with Gasteiger partial charge in [0.15, 0.2) is 23.3 Å². The Balaban J connectivity index is 2.24. The second-order valence-corrected chi connectivity index (χ2v) is 3.95. The largest absolute Gasteiger partial charge is 0.361 e. The summed E-state index contributed by atoms with van der Waals surface area (Å²) >= 11 is 0. The molecule has 2 aromatic heterocycles. The molecule has 2 aromatic rings. The Morgan fingerprint density at radius 2 is 2.00 bits per heavy atom. The standard InChI is InChI=1S/C12H13F2N5/c1-7(8-3-2-4-16-6-8)17-11-9(13)5-10(14)12(18-11)19-15/h2-7H,15H2,1H3,(H2,17,18,19). The Labute approximate surface area is 108 Å². The minimum atomic E-state index is -0.848. The zero-order valence-electron chi connectivity index (χ0n) is 10.2. The third kappa shape index (κ3) is 2.94. The topological polar surface area (TPSA) is 75.9 Å². The van der Waals surface area contributed by atoms with Gasteiger partial charge in [0.1, 0.15) is 0 Å². The molecule has 0 saturated carbocycles. The third-order valence-electron chi connectivity index (χ3n) is 2.60.